The minimum atomic E-state index is -1.07. The van der Waals surface area contributed by atoms with Gasteiger partial charge < -0.3 is 19.6 Å². The van der Waals surface area contributed by atoms with Crippen molar-refractivity contribution in [2.45, 2.75) is 44.9 Å². The molecule has 2 aliphatic rings. The number of rotatable bonds is 4. The maximum atomic E-state index is 12.4. The number of carboxylic acid groups (broad SMARTS) is 1. The van der Waals surface area contributed by atoms with Gasteiger partial charge in [0.05, 0.1) is 12.6 Å². The molecule has 1 aromatic heterocycles. The number of fused-ring (bicyclic) bond motifs is 1. The van der Waals surface area contributed by atoms with Crippen LogP contribution in [-0.2, 0) is 32.1 Å². The lowest BCUT2D eigenvalue weighted by atomic mass is 10.1. The highest BCUT2D eigenvalue weighted by Crippen LogP contribution is 2.24. The Hall–Kier alpha value is -1.93. The van der Waals surface area contributed by atoms with Crippen LogP contribution in [0.3, 0.4) is 0 Å². The number of hydrogen-bond acceptors (Lipinski definition) is 5. The van der Waals surface area contributed by atoms with Crippen LogP contribution in [0.15, 0.2) is 11.4 Å². The molecular formula is C17H22N2O5S. The Bertz CT molecular complexity index is 674. The van der Waals surface area contributed by atoms with E-state index in [1.807, 2.05) is 11.4 Å². The minimum Gasteiger partial charge on any atom is -0.479 e. The van der Waals surface area contributed by atoms with Crippen molar-refractivity contribution < 1.29 is 24.2 Å². The topological polar surface area (TPSA) is 87.2 Å². The van der Waals surface area contributed by atoms with Crippen LogP contribution in [-0.4, -0.2) is 64.5 Å². The number of nitrogens with zero attached hydrogens (tertiary/aromatic N) is 2. The molecule has 0 spiro atoms. The summed E-state index contributed by atoms with van der Waals surface area (Å²) in [6, 6.07) is 2.05. The molecule has 1 aromatic rings. The number of thiophene rings is 1. The maximum Gasteiger partial charge on any atom is 0.334 e. The molecule has 3 heterocycles. The highest BCUT2D eigenvalue weighted by Gasteiger charge is 2.32. The van der Waals surface area contributed by atoms with Crippen LogP contribution >= 0.6 is 11.3 Å². The number of carboxylic acids is 1. The van der Waals surface area contributed by atoms with Crippen molar-refractivity contribution >= 4 is 29.1 Å². The summed E-state index contributed by atoms with van der Waals surface area (Å²) in [5.74, 6) is -1.29. The fourth-order valence-corrected chi connectivity index (χ4v) is 4.17. The summed E-state index contributed by atoms with van der Waals surface area (Å²) in [5, 5.41) is 11.1. The van der Waals surface area contributed by atoms with Crippen LogP contribution < -0.4 is 0 Å². The van der Waals surface area contributed by atoms with Crippen LogP contribution in [0.5, 0.6) is 0 Å². The van der Waals surface area contributed by atoms with Crippen molar-refractivity contribution in [3.8, 4) is 0 Å². The normalized spacial score (nSPS) is 23.2. The van der Waals surface area contributed by atoms with Gasteiger partial charge >= 0.3 is 5.97 Å². The molecule has 25 heavy (non-hydrogen) atoms. The fraction of sp³-hybridized carbons (Fsp3) is 0.588. The molecule has 0 aliphatic carbocycles. The molecular weight excluding hydrogens is 344 g/mol. The number of carbonyl (C=O) groups is 3. The number of aliphatic carboxylic acids is 1. The van der Waals surface area contributed by atoms with Gasteiger partial charge in [0.1, 0.15) is 0 Å². The molecule has 1 saturated heterocycles. The Morgan fingerprint density at radius 1 is 1.24 bits per heavy atom. The molecule has 8 heteroatoms. The van der Waals surface area contributed by atoms with Crippen molar-refractivity contribution in [1.29, 1.82) is 0 Å². The summed E-state index contributed by atoms with van der Waals surface area (Å²) in [7, 11) is 0. The van der Waals surface area contributed by atoms with E-state index in [2.05, 4.69) is 0 Å². The van der Waals surface area contributed by atoms with Gasteiger partial charge in [0.25, 0.3) is 0 Å². The van der Waals surface area contributed by atoms with Gasteiger partial charge in [-0.15, -0.1) is 11.3 Å². The van der Waals surface area contributed by atoms with Crippen molar-refractivity contribution in [1.82, 2.24) is 9.80 Å². The molecule has 0 saturated carbocycles. The molecule has 0 radical (unpaired) electrons. The third kappa shape index (κ3) is 4.19. The Balaban J connectivity index is 1.50. The van der Waals surface area contributed by atoms with Gasteiger partial charge in [-0.05, 0) is 30.4 Å². The van der Waals surface area contributed by atoms with Crippen LogP contribution in [0.1, 0.15) is 30.2 Å². The monoisotopic (exact) mass is 366 g/mol. The van der Waals surface area contributed by atoms with Gasteiger partial charge in [-0.25, -0.2) is 4.79 Å². The van der Waals surface area contributed by atoms with Crippen LogP contribution in [0.2, 0.25) is 0 Å². The summed E-state index contributed by atoms with van der Waals surface area (Å²) in [6.07, 6.45) is -0.197. The van der Waals surface area contributed by atoms with Crippen LogP contribution in [0.4, 0.5) is 0 Å². The highest BCUT2D eigenvalue weighted by atomic mass is 32.1. The van der Waals surface area contributed by atoms with E-state index < -0.39 is 12.1 Å². The summed E-state index contributed by atoms with van der Waals surface area (Å²) < 4.78 is 5.31. The Labute approximate surface area is 150 Å². The van der Waals surface area contributed by atoms with E-state index in [9.17, 15) is 14.4 Å². The Kier molecular flexibility index (Phi) is 5.39. The van der Waals surface area contributed by atoms with Gasteiger partial charge in [0.2, 0.25) is 11.8 Å². The average molecular weight is 366 g/mol. The second-order valence-electron chi connectivity index (χ2n) is 6.51. The molecule has 2 amide bonds. The molecule has 1 fully saturated rings. The highest BCUT2D eigenvalue weighted by molar-refractivity contribution is 7.10. The quantitative estimate of drug-likeness (QED) is 0.863. The minimum absolute atomic E-state index is 0.0266. The van der Waals surface area contributed by atoms with E-state index in [0.717, 1.165) is 6.42 Å². The molecule has 7 nitrogen and oxygen atoms in total. The molecule has 1 N–H and O–H groups in total. The maximum absolute atomic E-state index is 12.4. The number of carbonyl (C=O) groups excluding carboxylic acids is 2. The molecule has 0 bridgehead atoms. The van der Waals surface area contributed by atoms with Crippen molar-refractivity contribution in [3.63, 3.8) is 0 Å². The SMILES string of the molecule is C[C@@H]1CN(C(=O)CCC(=O)N2CCc3sccc3C2)CC(C(=O)O)O1. The Morgan fingerprint density at radius 2 is 1.96 bits per heavy atom. The zero-order valence-corrected chi connectivity index (χ0v) is 15.0. The number of ether oxygens (including phenoxy) is 1. The van der Waals surface area contributed by atoms with E-state index in [1.165, 1.54) is 15.3 Å². The van der Waals surface area contributed by atoms with Gasteiger partial charge in [-0.3, -0.25) is 9.59 Å². The lowest BCUT2D eigenvalue weighted by Crippen LogP contribution is -2.51. The molecule has 0 aromatic carbocycles. The molecule has 3 rings (SSSR count). The Morgan fingerprint density at radius 3 is 2.68 bits per heavy atom. The molecule has 2 aliphatic heterocycles. The zero-order valence-electron chi connectivity index (χ0n) is 14.1. The summed E-state index contributed by atoms with van der Waals surface area (Å²) in [5.41, 5.74) is 1.20. The van der Waals surface area contributed by atoms with Crippen molar-refractivity contribution in [2.75, 3.05) is 19.6 Å². The zero-order chi connectivity index (χ0) is 18.0. The summed E-state index contributed by atoms with van der Waals surface area (Å²) >= 11 is 1.72. The third-order valence-electron chi connectivity index (χ3n) is 4.60. The second-order valence-corrected chi connectivity index (χ2v) is 7.51. The first-order valence-electron chi connectivity index (χ1n) is 8.43. The standard InChI is InChI=1S/C17H22N2O5S/c1-11-8-19(10-13(24-11)17(22)23)16(21)3-2-15(20)18-6-4-14-12(9-18)5-7-25-14/h5,7,11,13H,2-4,6,8-10H2,1H3,(H,22,23)/t11-,13?/m1/s1. The number of amides is 2. The lowest BCUT2D eigenvalue weighted by Gasteiger charge is -2.35. The largest absolute Gasteiger partial charge is 0.479 e. The van der Waals surface area contributed by atoms with E-state index in [1.54, 1.807) is 23.2 Å². The first kappa shape index (κ1) is 17.9. The third-order valence-corrected chi connectivity index (χ3v) is 5.62. The van der Waals surface area contributed by atoms with Gasteiger partial charge in [-0.2, -0.15) is 0 Å². The summed E-state index contributed by atoms with van der Waals surface area (Å²) in [4.78, 5) is 40.5. The van der Waals surface area contributed by atoms with Gasteiger partial charge in [0.15, 0.2) is 6.10 Å². The molecule has 1 unspecified atom stereocenters. The first-order valence-corrected chi connectivity index (χ1v) is 9.31. The van der Waals surface area contributed by atoms with Crippen molar-refractivity contribution in [3.05, 3.63) is 21.9 Å². The first-order chi connectivity index (χ1) is 11.9. The lowest BCUT2D eigenvalue weighted by molar-refractivity contribution is -0.166. The molecule has 136 valence electrons. The van der Waals surface area contributed by atoms with E-state index >= 15 is 0 Å². The van der Waals surface area contributed by atoms with E-state index in [0.29, 0.717) is 19.6 Å². The second kappa shape index (κ2) is 7.53. The predicted octanol–water partition coefficient (Wildman–Crippen LogP) is 1.11. The van der Waals surface area contributed by atoms with E-state index in [-0.39, 0.29) is 37.3 Å². The fourth-order valence-electron chi connectivity index (χ4n) is 3.28. The summed E-state index contributed by atoms with van der Waals surface area (Å²) in [6.45, 7) is 3.44. The van der Waals surface area contributed by atoms with Crippen LogP contribution in [0, 0.1) is 0 Å². The van der Waals surface area contributed by atoms with Crippen LogP contribution in [0.25, 0.3) is 0 Å². The molecule has 2 atom stereocenters. The predicted molar refractivity (Wildman–Crippen MR) is 91.2 cm³/mol. The smallest absolute Gasteiger partial charge is 0.334 e. The van der Waals surface area contributed by atoms with E-state index in [4.69, 9.17) is 9.84 Å². The number of morpholine rings is 1. The van der Waals surface area contributed by atoms with Gasteiger partial charge in [-0.1, -0.05) is 0 Å². The van der Waals surface area contributed by atoms with Crippen molar-refractivity contribution in [2.24, 2.45) is 0 Å². The number of hydrogen-bond donors (Lipinski definition) is 1. The average Bonchev–Trinajstić information content (AvgIpc) is 3.06. The van der Waals surface area contributed by atoms with Gasteiger partial charge in [0, 0.05) is 37.4 Å².